The Balaban J connectivity index is 1.84. The minimum atomic E-state index is -0.513. The summed E-state index contributed by atoms with van der Waals surface area (Å²) < 4.78 is 5.50. The lowest BCUT2D eigenvalue weighted by molar-refractivity contribution is -0.0117. The summed E-state index contributed by atoms with van der Waals surface area (Å²) in [6, 6.07) is 10.3. The molecule has 3 aliphatic rings. The monoisotopic (exact) mass is 289 g/mol. The number of carbonyl (C=O) groups excluding carboxylic acids is 1. The van der Waals surface area contributed by atoms with Crippen molar-refractivity contribution >= 4 is 6.09 Å². The zero-order valence-corrected chi connectivity index (χ0v) is 12.9. The van der Waals surface area contributed by atoms with Gasteiger partial charge in [-0.1, -0.05) is 30.3 Å². The number of hydrogen-bond donors (Lipinski definition) is 1. The van der Waals surface area contributed by atoms with Crippen LogP contribution in [0.4, 0.5) is 4.79 Å². The summed E-state index contributed by atoms with van der Waals surface area (Å²) in [5.74, 6) is 0. The second kappa shape index (κ2) is 4.47. The van der Waals surface area contributed by atoms with Crippen LogP contribution >= 0.6 is 0 Å². The Bertz CT molecular complexity index is 541. The van der Waals surface area contributed by atoms with Gasteiger partial charge >= 0.3 is 6.09 Å². The number of aliphatic hydroxyl groups excluding tert-OH is 1. The van der Waals surface area contributed by atoms with Crippen molar-refractivity contribution in [3.8, 4) is 0 Å². The van der Waals surface area contributed by atoms with E-state index in [1.165, 1.54) is 5.56 Å². The largest absolute Gasteiger partial charge is 0.444 e. The Morgan fingerprint density at radius 3 is 2.43 bits per heavy atom. The molecular weight excluding hydrogens is 266 g/mol. The highest BCUT2D eigenvalue weighted by molar-refractivity contribution is 5.72. The van der Waals surface area contributed by atoms with Gasteiger partial charge in [0.25, 0.3) is 0 Å². The van der Waals surface area contributed by atoms with Crippen LogP contribution in [0.5, 0.6) is 0 Å². The molecule has 21 heavy (non-hydrogen) atoms. The lowest BCUT2D eigenvalue weighted by atomic mass is 9.59. The highest BCUT2D eigenvalue weighted by Crippen LogP contribution is 2.60. The molecule has 2 aliphatic heterocycles. The van der Waals surface area contributed by atoms with Crippen LogP contribution in [0.25, 0.3) is 0 Å². The van der Waals surface area contributed by atoms with E-state index in [2.05, 4.69) is 12.1 Å². The lowest BCUT2D eigenvalue weighted by Gasteiger charge is -2.46. The van der Waals surface area contributed by atoms with Gasteiger partial charge in [-0.2, -0.15) is 0 Å². The van der Waals surface area contributed by atoms with E-state index in [0.717, 1.165) is 12.8 Å². The molecule has 4 nitrogen and oxygen atoms in total. The summed E-state index contributed by atoms with van der Waals surface area (Å²) in [5, 5.41) is 9.79. The first-order valence-electron chi connectivity index (χ1n) is 7.47. The standard InChI is InChI=1S/C17H23NO3/c1-15(2,3)21-14(20)18-11-16(9-17(18,10-16)12-19)13-7-5-4-6-8-13/h4-8,19H,9-12H2,1-3H3. The fourth-order valence-electron chi connectivity index (χ4n) is 3.84. The van der Waals surface area contributed by atoms with Gasteiger partial charge in [-0.25, -0.2) is 4.79 Å². The van der Waals surface area contributed by atoms with E-state index in [-0.39, 0.29) is 18.1 Å². The van der Waals surface area contributed by atoms with Gasteiger partial charge in [-0.15, -0.1) is 0 Å². The van der Waals surface area contributed by atoms with Crippen molar-refractivity contribution in [2.45, 2.75) is 50.2 Å². The third-order valence-electron chi connectivity index (χ3n) is 4.66. The third kappa shape index (κ3) is 2.22. The molecule has 2 saturated heterocycles. The summed E-state index contributed by atoms with van der Waals surface area (Å²) in [6.45, 7) is 6.23. The number of benzene rings is 1. The summed E-state index contributed by atoms with van der Waals surface area (Å²) in [7, 11) is 0. The second-order valence-corrected chi connectivity index (χ2v) is 7.45. The first-order valence-corrected chi connectivity index (χ1v) is 7.47. The molecule has 1 aromatic carbocycles. The second-order valence-electron chi connectivity index (χ2n) is 7.45. The molecular formula is C17H23NO3. The molecule has 4 rings (SSSR count). The number of carbonyl (C=O) groups is 1. The maximum atomic E-state index is 12.4. The summed E-state index contributed by atoms with van der Waals surface area (Å²) in [4.78, 5) is 14.2. The number of nitrogens with zero attached hydrogens (tertiary/aromatic N) is 1. The van der Waals surface area contributed by atoms with Crippen molar-refractivity contribution < 1.29 is 14.6 Å². The van der Waals surface area contributed by atoms with Crippen molar-refractivity contribution in [3.05, 3.63) is 35.9 Å². The minimum Gasteiger partial charge on any atom is -0.444 e. The molecule has 2 bridgehead atoms. The smallest absolute Gasteiger partial charge is 0.410 e. The minimum absolute atomic E-state index is 0.000820. The zero-order chi connectivity index (χ0) is 15.3. The van der Waals surface area contributed by atoms with Gasteiger partial charge in [0.1, 0.15) is 5.60 Å². The van der Waals surface area contributed by atoms with Crippen LogP contribution in [-0.4, -0.2) is 40.4 Å². The van der Waals surface area contributed by atoms with Crippen molar-refractivity contribution in [1.29, 1.82) is 0 Å². The van der Waals surface area contributed by atoms with Gasteiger partial charge in [0.05, 0.1) is 12.1 Å². The topological polar surface area (TPSA) is 49.8 Å². The molecule has 0 aromatic heterocycles. The van der Waals surface area contributed by atoms with Crippen molar-refractivity contribution in [2.75, 3.05) is 13.2 Å². The van der Waals surface area contributed by atoms with E-state index < -0.39 is 11.1 Å². The van der Waals surface area contributed by atoms with Crippen LogP contribution in [0.2, 0.25) is 0 Å². The van der Waals surface area contributed by atoms with Gasteiger partial charge in [0.15, 0.2) is 0 Å². The van der Waals surface area contributed by atoms with Crippen LogP contribution in [0.1, 0.15) is 39.2 Å². The average molecular weight is 289 g/mol. The van der Waals surface area contributed by atoms with E-state index in [0.29, 0.717) is 6.54 Å². The Hall–Kier alpha value is -1.55. The first kappa shape index (κ1) is 14.4. The van der Waals surface area contributed by atoms with Crippen LogP contribution in [0, 0.1) is 0 Å². The van der Waals surface area contributed by atoms with E-state index in [9.17, 15) is 9.90 Å². The fourth-order valence-corrected chi connectivity index (χ4v) is 3.84. The predicted molar refractivity (Wildman–Crippen MR) is 80.1 cm³/mol. The molecule has 1 amide bonds. The van der Waals surface area contributed by atoms with Crippen molar-refractivity contribution in [2.24, 2.45) is 0 Å². The Morgan fingerprint density at radius 1 is 1.29 bits per heavy atom. The van der Waals surface area contributed by atoms with Gasteiger partial charge in [0, 0.05) is 12.0 Å². The normalized spacial score (nSPS) is 31.0. The third-order valence-corrected chi connectivity index (χ3v) is 4.66. The Labute approximate surface area is 125 Å². The van der Waals surface area contributed by atoms with E-state index in [4.69, 9.17) is 4.74 Å². The molecule has 0 radical (unpaired) electrons. The average Bonchev–Trinajstić information content (AvgIpc) is 2.89. The number of amides is 1. The van der Waals surface area contributed by atoms with Gasteiger partial charge in [-0.3, -0.25) is 4.90 Å². The number of hydrogen-bond acceptors (Lipinski definition) is 3. The molecule has 1 N–H and O–H groups in total. The molecule has 1 aliphatic carbocycles. The quantitative estimate of drug-likeness (QED) is 0.910. The van der Waals surface area contributed by atoms with Crippen LogP contribution in [0.3, 0.4) is 0 Å². The van der Waals surface area contributed by atoms with Gasteiger partial charge in [0.2, 0.25) is 0 Å². The SMILES string of the molecule is CC(C)(C)OC(=O)N1CC2(c3ccccc3)CC1(CO)C2. The molecule has 4 heteroatoms. The molecule has 0 spiro atoms. The predicted octanol–water partition coefficient (Wildman–Crippen LogP) is 2.70. The van der Waals surface area contributed by atoms with Crippen molar-refractivity contribution in [3.63, 3.8) is 0 Å². The summed E-state index contributed by atoms with van der Waals surface area (Å²) in [6.07, 6.45) is 1.33. The molecule has 1 saturated carbocycles. The van der Waals surface area contributed by atoms with E-state index in [1.54, 1.807) is 4.90 Å². The molecule has 1 aromatic rings. The van der Waals surface area contributed by atoms with Crippen LogP contribution < -0.4 is 0 Å². The van der Waals surface area contributed by atoms with Crippen molar-refractivity contribution in [1.82, 2.24) is 4.90 Å². The van der Waals surface area contributed by atoms with E-state index >= 15 is 0 Å². The number of ether oxygens (including phenoxy) is 1. The number of aliphatic hydroxyl groups is 1. The Kier molecular flexibility index (Phi) is 3.06. The first-order chi connectivity index (χ1) is 9.80. The number of rotatable bonds is 2. The molecule has 0 atom stereocenters. The maximum Gasteiger partial charge on any atom is 0.410 e. The molecule has 114 valence electrons. The molecule has 0 unspecified atom stereocenters. The Morgan fingerprint density at radius 2 is 1.90 bits per heavy atom. The highest BCUT2D eigenvalue weighted by atomic mass is 16.6. The summed E-state index contributed by atoms with van der Waals surface area (Å²) >= 11 is 0. The van der Waals surface area contributed by atoms with Gasteiger partial charge < -0.3 is 9.84 Å². The number of fused-ring (bicyclic) bond motifs is 1. The van der Waals surface area contributed by atoms with E-state index in [1.807, 2.05) is 39.0 Å². The zero-order valence-electron chi connectivity index (χ0n) is 12.9. The van der Waals surface area contributed by atoms with Crippen LogP contribution in [-0.2, 0) is 10.2 Å². The molecule has 2 heterocycles. The fraction of sp³-hybridized carbons (Fsp3) is 0.588. The lowest BCUT2D eigenvalue weighted by Crippen LogP contribution is -2.55. The summed E-state index contributed by atoms with van der Waals surface area (Å²) in [5.41, 5.74) is 0.291. The highest BCUT2D eigenvalue weighted by Gasteiger charge is 2.67. The van der Waals surface area contributed by atoms with Crippen LogP contribution in [0.15, 0.2) is 30.3 Å². The van der Waals surface area contributed by atoms with Gasteiger partial charge in [-0.05, 0) is 39.2 Å². The molecule has 3 fully saturated rings. The maximum absolute atomic E-state index is 12.4.